The number of nitrogens with one attached hydrogen (secondary N) is 2. The first kappa shape index (κ1) is 20.4. The molecule has 0 saturated heterocycles. The maximum absolute atomic E-state index is 12.2. The fraction of sp³-hybridized carbons (Fsp3) is 0.263. The third-order valence-electron chi connectivity index (χ3n) is 3.72. The van der Waals surface area contributed by atoms with Crippen LogP contribution in [0.15, 0.2) is 48.5 Å². The van der Waals surface area contributed by atoms with E-state index in [0.717, 1.165) is 11.8 Å². The molecule has 2 amide bonds. The fourth-order valence-corrected chi connectivity index (χ4v) is 3.46. The van der Waals surface area contributed by atoms with Crippen LogP contribution in [0.5, 0.6) is 0 Å². The monoisotopic (exact) mass is 389 g/mol. The van der Waals surface area contributed by atoms with E-state index < -0.39 is 10.0 Å². The van der Waals surface area contributed by atoms with Gasteiger partial charge in [0.1, 0.15) is 0 Å². The molecule has 0 spiro atoms. The molecule has 144 valence electrons. The summed E-state index contributed by atoms with van der Waals surface area (Å²) in [4.78, 5) is 23.2. The number of hydrogen-bond acceptors (Lipinski definition) is 4. The van der Waals surface area contributed by atoms with Crippen LogP contribution >= 0.6 is 0 Å². The van der Waals surface area contributed by atoms with Crippen LogP contribution in [0, 0.1) is 6.92 Å². The lowest BCUT2D eigenvalue weighted by Gasteiger charge is -2.22. The van der Waals surface area contributed by atoms with Crippen molar-refractivity contribution >= 4 is 38.9 Å². The Bertz CT molecular complexity index is 924. The topological polar surface area (TPSA) is 95.6 Å². The molecule has 0 saturated carbocycles. The largest absolute Gasteiger partial charge is 0.326 e. The molecular formula is C19H23N3O4S. The highest BCUT2D eigenvalue weighted by Crippen LogP contribution is 2.19. The molecule has 27 heavy (non-hydrogen) atoms. The van der Waals surface area contributed by atoms with E-state index in [0.29, 0.717) is 17.1 Å². The number of anilines is 3. The second kappa shape index (κ2) is 8.68. The number of carbonyl (C=O) groups excluding carboxylic acids is 2. The van der Waals surface area contributed by atoms with Gasteiger partial charge in [-0.15, -0.1) is 0 Å². The zero-order valence-electron chi connectivity index (χ0n) is 15.5. The molecule has 2 aromatic carbocycles. The molecule has 0 atom stereocenters. The Morgan fingerprint density at radius 1 is 1.00 bits per heavy atom. The van der Waals surface area contributed by atoms with Crippen LogP contribution in [0.4, 0.5) is 17.1 Å². The Morgan fingerprint density at radius 2 is 1.59 bits per heavy atom. The summed E-state index contributed by atoms with van der Waals surface area (Å²) in [6.45, 7) is 3.33. The third kappa shape index (κ3) is 6.41. The number of amides is 2. The van der Waals surface area contributed by atoms with Crippen molar-refractivity contribution in [1.82, 2.24) is 0 Å². The van der Waals surface area contributed by atoms with E-state index in [1.807, 2.05) is 13.0 Å². The first-order valence-electron chi connectivity index (χ1n) is 8.37. The molecule has 0 radical (unpaired) electrons. The predicted molar refractivity (Wildman–Crippen MR) is 107 cm³/mol. The average molecular weight is 389 g/mol. The number of benzene rings is 2. The zero-order valence-corrected chi connectivity index (χ0v) is 16.3. The lowest BCUT2D eigenvalue weighted by molar-refractivity contribution is -0.116. The van der Waals surface area contributed by atoms with Gasteiger partial charge in [0.05, 0.1) is 11.9 Å². The minimum absolute atomic E-state index is 0.00839. The van der Waals surface area contributed by atoms with E-state index in [1.165, 1.54) is 11.2 Å². The van der Waals surface area contributed by atoms with Crippen LogP contribution in [-0.4, -0.2) is 33.0 Å². The molecule has 8 heteroatoms. The molecule has 0 fully saturated rings. The zero-order chi connectivity index (χ0) is 20.0. The van der Waals surface area contributed by atoms with Crippen molar-refractivity contribution in [2.24, 2.45) is 0 Å². The van der Waals surface area contributed by atoms with E-state index >= 15 is 0 Å². The Labute approximate surface area is 159 Å². The van der Waals surface area contributed by atoms with E-state index in [-0.39, 0.29) is 24.8 Å². The number of hydrogen-bond donors (Lipinski definition) is 2. The standard InChI is InChI=1S/C19H23N3O4S/c1-14-5-4-6-18(13-14)22(27(3,25)26)12-11-19(24)21-17-9-7-16(8-10-17)20-15(2)23/h4-10,13H,11-12H2,1-3H3,(H,20,23)(H,21,24). The molecule has 0 aromatic heterocycles. The first-order valence-corrected chi connectivity index (χ1v) is 10.2. The summed E-state index contributed by atoms with van der Waals surface area (Å²) in [6.07, 6.45) is 1.13. The van der Waals surface area contributed by atoms with Gasteiger partial charge >= 0.3 is 0 Å². The lowest BCUT2D eigenvalue weighted by atomic mass is 10.2. The van der Waals surface area contributed by atoms with Crippen molar-refractivity contribution in [3.8, 4) is 0 Å². The number of nitrogens with zero attached hydrogens (tertiary/aromatic N) is 1. The first-order chi connectivity index (χ1) is 12.6. The van der Waals surface area contributed by atoms with E-state index in [1.54, 1.807) is 42.5 Å². The van der Waals surface area contributed by atoms with Crippen LogP contribution in [0.2, 0.25) is 0 Å². The second-order valence-corrected chi connectivity index (χ2v) is 8.14. The van der Waals surface area contributed by atoms with Crippen molar-refractivity contribution < 1.29 is 18.0 Å². The van der Waals surface area contributed by atoms with Crippen LogP contribution < -0.4 is 14.9 Å². The number of aryl methyl sites for hydroxylation is 1. The highest BCUT2D eigenvalue weighted by atomic mass is 32.2. The Balaban J connectivity index is 2.00. The van der Waals surface area contributed by atoms with Crippen molar-refractivity contribution in [3.05, 3.63) is 54.1 Å². The summed E-state index contributed by atoms with van der Waals surface area (Å²) in [5.41, 5.74) is 2.66. The van der Waals surface area contributed by atoms with Gasteiger partial charge in [-0.3, -0.25) is 13.9 Å². The van der Waals surface area contributed by atoms with Gasteiger partial charge in [-0.1, -0.05) is 12.1 Å². The highest BCUT2D eigenvalue weighted by Gasteiger charge is 2.18. The average Bonchev–Trinajstić information content (AvgIpc) is 2.55. The molecule has 0 aliphatic rings. The number of carbonyl (C=O) groups is 2. The molecule has 2 aromatic rings. The smallest absolute Gasteiger partial charge is 0.232 e. The quantitative estimate of drug-likeness (QED) is 0.761. The maximum Gasteiger partial charge on any atom is 0.232 e. The number of sulfonamides is 1. The Morgan fingerprint density at radius 3 is 2.11 bits per heavy atom. The van der Waals surface area contributed by atoms with Crippen LogP contribution in [0.3, 0.4) is 0 Å². The van der Waals surface area contributed by atoms with Gasteiger partial charge in [0, 0.05) is 31.3 Å². The van der Waals surface area contributed by atoms with Crippen LogP contribution in [0.25, 0.3) is 0 Å². The summed E-state index contributed by atoms with van der Waals surface area (Å²) >= 11 is 0. The lowest BCUT2D eigenvalue weighted by Crippen LogP contribution is -2.33. The summed E-state index contributed by atoms with van der Waals surface area (Å²) < 4.78 is 25.4. The predicted octanol–water partition coefficient (Wildman–Crippen LogP) is 2.75. The van der Waals surface area contributed by atoms with Gasteiger partial charge < -0.3 is 10.6 Å². The summed E-state index contributed by atoms with van der Waals surface area (Å²) in [7, 11) is -3.51. The van der Waals surface area contributed by atoms with Gasteiger partial charge in [0.2, 0.25) is 21.8 Å². The van der Waals surface area contributed by atoms with Gasteiger partial charge in [0.25, 0.3) is 0 Å². The fourth-order valence-electron chi connectivity index (χ4n) is 2.54. The molecule has 2 rings (SSSR count). The molecule has 0 unspecified atom stereocenters. The minimum atomic E-state index is -3.51. The number of rotatable bonds is 7. The molecular weight excluding hydrogens is 366 g/mol. The highest BCUT2D eigenvalue weighted by molar-refractivity contribution is 7.92. The maximum atomic E-state index is 12.2. The van der Waals surface area contributed by atoms with Crippen LogP contribution in [-0.2, 0) is 19.6 Å². The third-order valence-corrected chi connectivity index (χ3v) is 4.92. The van der Waals surface area contributed by atoms with E-state index in [4.69, 9.17) is 0 Å². The van der Waals surface area contributed by atoms with Gasteiger partial charge in [-0.25, -0.2) is 8.42 Å². The molecule has 0 bridgehead atoms. The molecule has 0 heterocycles. The summed E-state index contributed by atoms with van der Waals surface area (Å²) in [5, 5.41) is 5.36. The SMILES string of the molecule is CC(=O)Nc1ccc(NC(=O)CCN(c2cccc(C)c2)S(C)(=O)=O)cc1. The minimum Gasteiger partial charge on any atom is -0.326 e. The molecule has 2 N–H and O–H groups in total. The Hall–Kier alpha value is -2.87. The van der Waals surface area contributed by atoms with E-state index in [9.17, 15) is 18.0 Å². The van der Waals surface area contributed by atoms with Gasteiger partial charge in [0.15, 0.2) is 0 Å². The van der Waals surface area contributed by atoms with Crippen LogP contribution in [0.1, 0.15) is 18.9 Å². The normalized spacial score (nSPS) is 10.9. The molecule has 0 aliphatic heterocycles. The van der Waals surface area contributed by atoms with Crippen molar-refractivity contribution in [1.29, 1.82) is 0 Å². The Kier molecular flexibility index (Phi) is 6.57. The van der Waals surface area contributed by atoms with Crippen molar-refractivity contribution in [3.63, 3.8) is 0 Å². The second-order valence-electron chi connectivity index (χ2n) is 6.23. The molecule has 0 aliphatic carbocycles. The van der Waals surface area contributed by atoms with Gasteiger partial charge in [-0.2, -0.15) is 0 Å². The molecule has 7 nitrogen and oxygen atoms in total. The summed E-state index contributed by atoms with van der Waals surface area (Å²) in [6, 6.07) is 13.8. The summed E-state index contributed by atoms with van der Waals surface area (Å²) in [5.74, 6) is -0.479. The van der Waals surface area contributed by atoms with Crippen molar-refractivity contribution in [2.45, 2.75) is 20.3 Å². The van der Waals surface area contributed by atoms with E-state index in [2.05, 4.69) is 10.6 Å². The van der Waals surface area contributed by atoms with Crippen molar-refractivity contribution in [2.75, 3.05) is 27.7 Å². The van der Waals surface area contributed by atoms with Gasteiger partial charge in [-0.05, 0) is 48.9 Å².